The molecule has 8 heteroatoms. The summed E-state index contributed by atoms with van der Waals surface area (Å²) in [6.45, 7) is 6.67. The molecule has 0 fully saturated rings. The molecule has 1 heterocycles. The van der Waals surface area contributed by atoms with Gasteiger partial charge in [-0.05, 0) is 45.4 Å². The fraction of sp³-hybridized carbons (Fsp3) is 0.350. The Morgan fingerprint density at radius 3 is 2.54 bits per heavy atom. The van der Waals surface area contributed by atoms with Gasteiger partial charge in [-0.2, -0.15) is 0 Å². The van der Waals surface area contributed by atoms with Crippen molar-refractivity contribution in [3.05, 3.63) is 52.6 Å². The molecule has 2 rings (SSSR count). The molecule has 0 amide bonds. The van der Waals surface area contributed by atoms with Crippen molar-refractivity contribution in [3.8, 4) is 0 Å². The number of thioether (sulfide) groups is 1. The largest absolute Gasteiger partial charge is 0.462 e. The molecule has 1 atom stereocenters. The van der Waals surface area contributed by atoms with Crippen LogP contribution < -0.4 is 0 Å². The van der Waals surface area contributed by atoms with Gasteiger partial charge in [0, 0.05) is 10.6 Å². The van der Waals surface area contributed by atoms with E-state index in [0.29, 0.717) is 21.7 Å². The molecule has 0 saturated carbocycles. The fourth-order valence-corrected chi connectivity index (χ4v) is 3.41. The topological polar surface area (TPSA) is 85.5 Å². The van der Waals surface area contributed by atoms with Gasteiger partial charge in [-0.3, -0.25) is 9.59 Å². The molecule has 0 aliphatic heterocycles. The predicted molar refractivity (Wildman–Crippen MR) is 103 cm³/mol. The molecule has 6 nitrogen and oxygen atoms in total. The van der Waals surface area contributed by atoms with Gasteiger partial charge in [0.2, 0.25) is 5.78 Å². The van der Waals surface area contributed by atoms with Crippen LogP contribution in [-0.4, -0.2) is 41.2 Å². The highest BCUT2D eigenvalue weighted by Gasteiger charge is 2.27. The van der Waals surface area contributed by atoms with Crippen LogP contribution in [0.2, 0.25) is 0 Å². The Morgan fingerprint density at radius 2 is 1.89 bits per heavy atom. The Hall–Kier alpha value is -2.61. The van der Waals surface area contributed by atoms with Crippen LogP contribution in [0, 0.1) is 19.7 Å². The van der Waals surface area contributed by atoms with E-state index in [1.54, 1.807) is 39.0 Å². The van der Waals surface area contributed by atoms with E-state index >= 15 is 0 Å². The molecule has 1 aromatic heterocycles. The average Bonchev–Trinajstić information content (AvgIpc) is 2.94. The maximum atomic E-state index is 13.6. The van der Waals surface area contributed by atoms with Gasteiger partial charge in [0.15, 0.2) is 6.10 Å². The summed E-state index contributed by atoms with van der Waals surface area (Å²) in [5, 5.41) is 0. The SMILES string of the molecule is CCOC(=O)c1c(C)[nH]c(C(=O)[C@@H](C)OC(=O)CSc2ccccc2F)c1C. The Bertz CT molecular complexity index is 893. The van der Waals surface area contributed by atoms with Crippen molar-refractivity contribution < 1.29 is 28.2 Å². The number of carbonyl (C=O) groups excluding carboxylic acids is 3. The zero-order valence-corrected chi connectivity index (χ0v) is 16.9. The molecule has 0 spiro atoms. The zero-order valence-electron chi connectivity index (χ0n) is 16.1. The minimum atomic E-state index is -1.06. The first-order chi connectivity index (χ1) is 13.3. The zero-order chi connectivity index (χ0) is 20.8. The lowest BCUT2D eigenvalue weighted by Crippen LogP contribution is -2.26. The standard InChI is InChI=1S/C20H22FNO5S/c1-5-26-20(25)17-11(2)18(22-12(17)3)19(24)13(4)27-16(23)10-28-15-9-7-6-8-14(15)21/h6-9,13,22H,5,10H2,1-4H3/t13-/m1/s1. The first kappa shape index (κ1) is 21.7. The number of hydrogen-bond donors (Lipinski definition) is 1. The number of ether oxygens (including phenoxy) is 2. The molecular formula is C20H22FNO5S. The highest BCUT2D eigenvalue weighted by molar-refractivity contribution is 8.00. The van der Waals surface area contributed by atoms with E-state index in [4.69, 9.17) is 9.47 Å². The van der Waals surface area contributed by atoms with Crippen molar-refractivity contribution in [2.24, 2.45) is 0 Å². The molecule has 0 radical (unpaired) electrons. The van der Waals surface area contributed by atoms with Crippen LogP contribution in [0.4, 0.5) is 4.39 Å². The van der Waals surface area contributed by atoms with Crippen molar-refractivity contribution in [1.82, 2.24) is 4.98 Å². The van der Waals surface area contributed by atoms with Gasteiger partial charge in [0.1, 0.15) is 5.82 Å². The Balaban J connectivity index is 2.02. The third-order valence-electron chi connectivity index (χ3n) is 4.02. The van der Waals surface area contributed by atoms with Crippen molar-refractivity contribution in [1.29, 1.82) is 0 Å². The monoisotopic (exact) mass is 407 g/mol. The molecule has 0 saturated heterocycles. The predicted octanol–water partition coefficient (Wildman–Crippen LogP) is 3.85. The van der Waals surface area contributed by atoms with Crippen LogP contribution in [0.1, 0.15) is 46.0 Å². The summed E-state index contributed by atoms with van der Waals surface area (Å²) < 4.78 is 23.8. The third-order valence-corrected chi connectivity index (χ3v) is 5.05. The summed E-state index contributed by atoms with van der Waals surface area (Å²) in [6, 6.07) is 6.09. The van der Waals surface area contributed by atoms with E-state index in [0.717, 1.165) is 11.8 Å². The number of rotatable bonds is 8. The van der Waals surface area contributed by atoms with Gasteiger partial charge < -0.3 is 14.5 Å². The van der Waals surface area contributed by atoms with Crippen molar-refractivity contribution in [2.45, 2.75) is 38.7 Å². The second-order valence-corrected chi connectivity index (χ2v) is 7.08. The molecule has 0 aliphatic carbocycles. The highest BCUT2D eigenvalue weighted by Crippen LogP contribution is 2.23. The summed E-state index contributed by atoms with van der Waals surface area (Å²) >= 11 is 0.994. The molecular weight excluding hydrogens is 385 g/mol. The number of halogens is 1. The molecule has 1 N–H and O–H groups in total. The molecule has 1 aromatic carbocycles. The maximum absolute atomic E-state index is 13.6. The number of Topliss-reactive ketones (excluding diaryl/α,β-unsaturated/α-hetero) is 1. The number of aromatic nitrogens is 1. The molecule has 0 bridgehead atoms. The lowest BCUT2D eigenvalue weighted by atomic mass is 10.1. The number of ketones is 1. The molecule has 2 aromatic rings. The number of aryl methyl sites for hydroxylation is 1. The lowest BCUT2D eigenvalue weighted by molar-refractivity contribution is -0.143. The van der Waals surface area contributed by atoms with Crippen LogP contribution in [0.5, 0.6) is 0 Å². The van der Waals surface area contributed by atoms with E-state index in [-0.39, 0.29) is 18.1 Å². The Morgan fingerprint density at radius 1 is 1.21 bits per heavy atom. The average molecular weight is 407 g/mol. The Labute approximate surface area is 166 Å². The molecule has 0 unspecified atom stereocenters. The van der Waals surface area contributed by atoms with Gasteiger partial charge in [0.25, 0.3) is 0 Å². The summed E-state index contributed by atoms with van der Waals surface area (Å²) in [5.41, 5.74) is 1.46. The number of benzene rings is 1. The molecule has 150 valence electrons. The van der Waals surface area contributed by atoms with Gasteiger partial charge in [0.05, 0.1) is 23.6 Å². The van der Waals surface area contributed by atoms with Gasteiger partial charge in [-0.1, -0.05) is 12.1 Å². The van der Waals surface area contributed by atoms with E-state index in [1.165, 1.54) is 13.0 Å². The van der Waals surface area contributed by atoms with Gasteiger partial charge in [-0.15, -0.1) is 11.8 Å². The second kappa shape index (κ2) is 9.54. The maximum Gasteiger partial charge on any atom is 0.340 e. The second-order valence-electron chi connectivity index (χ2n) is 6.06. The lowest BCUT2D eigenvalue weighted by Gasteiger charge is -2.12. The molecule has 0 aliphatic rings. The van der Waals surface area contributed by atoms with Crippen LogP contribution in [0.25, 0.3) is 0 Å². The van der Waals surface area contributed by atoms with Crippen LogP contribution in [0.15, 0.2) is 29.2 Å². The number of carbonyl (C=O) groups is 3. The van der Waals surface area contributed by atoms with Crippen molar-refractivity contribution in [2.75, 3.05) is 12.4 Å². The van der Waals surface area contributed by atoms with Crippen molar-refractivity contribution >= 4 is 29.5 Å². The van der Waals surface area contributed by atoms with E-state index < -0.39 is 29.6 Å². The number of esters is 2. The quantitative estimate of drug-likeness (QED) is 0.406. The smallest absolute Gasteiger partial charge is 0.340 e. The van der Waals surface area contributed by atoms with E-state index in [2.05, 4.69) is 4.98 Å². The minimum Gasteiger partial charge on any atom is -0.462 e. The number of nitrogens with one attached hydrogen (secondary N) is 1. The highest BCUT2D eigenvalue weighted by atomic mass is 32.2. The first-order valence-electron chi connectivity index (χ1n) is 8.73. The fourth-order valence-electron chi connectivity index (χ4n) is 2.69. The summed E-state index contributed by atoms with van der Waals surface area (Å²) in [4.78, 5) is 39.9. The minimum absolute atomic E-state index is 0.130. The van der Waals surface area contributed by atoms with E-state index in [1.807, 2.05) is 0 Å². The first-order valence-corrected chi connectivity index (χ1v) is 9.72. The number of aromatic amines is 1. The summed E-state index contributed by atoms with van der Waals surface area (Å²) in [6.07, 6.45) is -1.06. The number of hydrogen-bond acceptors (Lipinski definition) is 6. The van der Waals surface area contributed by atoms with Gasteiger partial charge >= 0.3 is 11.9 Å². The van der Waals surface area contributed by atoms with Crippen LogP contribution in [0.3, 0.4) is 0 Å². The molecule has 28 heavy (non-hydrogen) atoms. The third kappa shape index (κ3) is 5.01. The van der Waals surface area contributed by atoms with E-state index in [9.17, 15) is 18.8 Å². The van der Waals surface area contributed by atoms with Gasteiger partial charge in [-0.25, -0.2) is 9.18 Å². The Kier molecular flexibility index (Phi) is 7.39. The van der Waals surface area contributed by atoms with Crippen LogP contribution in [-0.2, 0) is 14.3 Å². The summed E-state index contributed by atoms with van der Waals surface area (Å²) in [5.74, 6) is -2.16. The normalized spacial score (nSPS) is 11.8. The summed E-state index contributed by atoms with van der Waals surface area (Å²) in [7, 11) is 0. The number of H-pyrrole nitrogens is 1. The van der Waals surface area contributed by atoms with Crippen molar-refractivity contribution in [3.63, 3.8) is 0 Å². The van der Waals surface area contributed by atoms with Crippen LogP contribution >= 0.6 is 11.8 Å².